The topological polar surface area (TPSA) is 596 Å². The molecule has 8 aromatic carbocycles. The van der Waals surface area contributed by atoms with E-state index in [1.54, 1.807) is 0 Å². The minimum atomic E-state index is -5.36. The van der Waals surface area contributed by atoms with Gasteiger partial charge in [-0.05, 0) is 157 Å². The van der Waals surface area contributed by atoms with Crippen LogP contribution in [0.4, 0.5) is 56.9 Å². The Morgan fingerprint density at radius 1 is 0.377 bits per heavy atom. The molecule has 0 unspecified atom stereocenters. The SMILES string of the molecule is CC([O-])=Nc1cc(N=c2nc(Cl)[nH]c(=Nc3ccc(/C=C/c4ccc(N=c5[nH]c(Cl)nc(=Nc6ccc(N=Nc7cc(S(=O)(=O)O)c8cccc(S(=O)(=O)[O-])c8c7)c(N=C(C)[O-])c6)[nH]5)cc4S(=O)(=O)[O-])c(S(=O)(=O)[O-])c3)[nH]2)ccc1N=Nc1cc(S(=O)(=O)O)c2cccc(S(=O)(=O)[O-])c2c1.[Na+].[Na+].[Na+].[Na+].[Na+].[Na+]. The third-order valence-corrected chi connectivity index (χ3v) is 18.9. The molecule has 6 N–H and O–H groups in total. The van der Waals surface area contributed by atoms with Crippen LogP contribution >= 0.6 is 23.2 Å². The number of azo groups is 2. The van der Waals surface area contributed by atoms with Gasteiger partial charge in [0.1, 0.15) is 61.6 Å². The molecule has 0 spiro atoms. The number of aromatic amines is 4. The zero-order chi connectivity index (χ0) is 72.6. The maximum atomic E-state index is 12.7. The van der Waals surface area contributed by atoms with Gasteiger partial charge in [0.25, 0.3) is 20.2 Å². The number of hydrogen-bond donors (Lipinski definition) is 6. The predicted molar refractivity (Wildman–Crippen MR) is 345 cm³/mol. The van der Waals surface area contributed by atoms with Gasteiger partial charge in [-0.1, -0.05) is 48.6 Å². The molecule has 2 aromatic heterocycles. The zero-order valence-electron chi connectivity index (χ0n) is 55.7. The van der Waals surface area contributed by atoms with E-state index in [4.69, 9.17) is 23.2 Å². The van der Waals surface area contributed by atoms with E-state index >= 15 is 0 Å². The van der Waals surface area contributed by atoms with Crippen molar-refractivity contribution in [3.05, 3.63) is 178 Å². The normalized spacial score (nSPS) is 13.3. The van der Waals surface area contributed by atoms with Crippen molar-refractivity contribution in [1.82, 2.24) is 29.9 Å². The molecule has 0 amide bonds. The number of nitrogens with zero attached hydrogens (tertiary/aromatic N) is 12. The van der Waals surface area contributed by atoms with Crippen molar-refractivity contribution >= 4 is 186 Å². The summed E-state index contributed by atoms with van der Waals surface area (Å²) in [5.74, 6) is -1.48. The molecule has 50 heteroatoms. The number of benzene rings is 8. The number of halogens is 2. The fraction of sp³-hybridized carbons (Fsp3) is 0.0357. The molecular formula is C56H36Cl2N16Na6O20S6. The van der Waals surface area contributed by atoms with Gasteiger partial charge in [0.15, 0.2) is 0 Å². The summed E-state index contributed by atoms with van der Waals surface area (Å²) in [6, 6.07) is 24.1. The van der Waals surface area contributed by atoms with Crippen molar-refractivity contribution in [2.75, 3.05) is 0 Å². The van der Waals surface area contributed by atoms with E-state index in [1.807, 2.05) is 0 Å². The van der Waals surface area contributed by atoms with Crippen LogP contribution in [0.2, 0.25) is 10.6 Å². The Kier molecular flexibility index (Phi) is 33.7. The van der Waals surface area contributed by atoms with E-state index in [1.165, 1.54) is 48.5 Å². The van der Waals surface area contributed by atoms with E-state index in [0.29, 0.717) is 0 Å². The number of H-pyrrole nitrogens is 4. The largest absolute Gasteiger partial charge is 1.00 e. The van der Waals surface area contributed by atoms with Gasteiger partial charge in [-0.15, -0.1) is 10.2 Å². The molecule has 0 saturated heterocycles. The van der Waals surface area contributed by atoms with E-state index < -0.39 is 113 Å². The average molecular weight is 1650 g/mol. The smallest absolute Gasteiger partial charge is 0.862 e. The van der Waals surface area contributed by atoms with Gasteiger partial charge in [0, 0.05) is 21.5 Å². The van der Waals surface area contributed by atoms with E-state index in [9.17, 15) is 88.0 Å². The molecule has 106 heavy (non-hydrogen) atoms. The molecule has 2 heterocycles. The molecule has 0 bridgehead atoms. The second-order valence-corrected chi connectivity index (χ2v) is 29.1. The van der Waals surface area contributed by atoms with Crippen LogP contribution in [0.15, 0.2) is 213 Å². The van der Waals surface area contributed by atoms with Crippen molar-refractivity contribution in [2.24, 2.45) is 50.4 Å². The van der Waals surface area contributed by atoms with Crippen LogP contribution in [0.5, 0.6) is 0 Å². The number of aromatic nitrogens is 6. The van der Waals surface area contributed by atoms with Crippen molar-refractivity contribution < 1.29 is 265 Å². The van der Waals surface area contributed by atoms with Gasteiger partial charge in [-0.25, -0.2) is 53.6 Å². The minimum Gasteiger partial charge on any atom is -0.862 e. The summed E-state index contributed by atoms with van der Waals surface area (Å²) in [7, 11) is -31.1. The van der Waals surface area contributed by atoms with Crippen LogP contribution in [0.3, 0.4) is 0 Å². The summed E-state index contributed by atoms with van der Waals surface area (Å²) >= 11 is 12.5. The van der Waals surface area contributed by atoms with Crippen LogP contribution < -0.4 is 210 Å². The number of rotatable bonds is 18. The monoisotopic (exact) mass is 1650 g/mol. The van der Waals surface area contributed by atoms with Crippen molar-refractivity contribution in [3.63, 3.8) is 0 Å². The Hall–Kier alpha value is -4.58. The maximum Gasteiger partial charge on any atom is 1.00 e. The maximum absolute atomic E-state index is 12.7. The summed E-state index contributed by atoms with van der Waals surface area (Å²) < 4.78 is 218. The first-order valence-corrected chi connectivity index (χ1v) is 36.3. The molecular weight excluding hydrogens is 1620 g/mol. The van der Waals surface area contributed by atoms with Gasteiger partial charge in [-0.2, -0.15) is 37.0 Å². The third kappa shape index (κ3) is 24.5. The summed E-state index contributed by atoms with van der Waals surface area (Å²) in [6.07, 6.45) is 2.04. The average Bonchev–Trinajstić information content (AvgIpc) is 0.764. The van der Waals surface area contributed by atoms with Crippen molar-refractivity contribution in [1.29, 1.82) is 0 Å². The second-order valence-electron chi connectivity index (χ2n) is 20.2. The molecule has 10 rings (SSSR count). The number of fused-ring (bicyclic) bond motifs is 2. The first kappa shape index (κ1) is 93.8. The predicted octanol–water partition coefficient (Wildman–Crippen LogP) is -11.7. The molecule has 0 atom stereocenters. The molecule has 0 fully saturated rings. The van der Waals surface area contributed by atoms with E-state index in [2.05, 4.69) is 80.3 Å². The van der Waals surface area contributed by atoms with E-state index in [-0.39, 0.29) is 289 Å². The van der Waals surface area contributed by atoms with E-state index in [0.717, 1.165) is 111 Å². The van der Waals surface area contributed by atoms with Crippen LogP contribution in [-0.4, -0.2) is 120 Å². The second kappa shape index (κ2) is 38.1. The molecule has 0 aliphatic carbocycles. The molecule has 10 aromatic rings. The first-order valence-electron chi connectivity index (χ1n) is 27.1. The Balaban J connectivity index is 0.00000396. The van der Waals surface area contributed by atoms with Crippen LogP contribution in [0.25, 0.3) is 33.7 Å². The molecule has 0 radical (unpaired) electrons. The Morgan fingerprint density at radius 3 is 1.02 bits per heavy atom. The van der Waals surface area contributed by atoms with Crippen LogP contribution in [0.1, 0.15) is 25.0 Å². The fourth-order valence-corrected chi connectivity index (χ4v) is 13.8. The standard InChI is InChI=1S/C56H42Cl2N16O20S6.6Na/c1-27(75)59-43-21-31(15-17-41(43)73-71-35-19-39-37(49(25-35)99(89,90)91)5-3-7-45(39)95(77,78)79)61-53-65-51(57)67-55(69-53)63-33-13-11-29(47(23-33)97(83,84)85)9-10-30-12-14-34(24-48(30)98(86,87)88)64-56-68-52(58)66-54(70-56)62-32-16-18-42(44(22-32)60-28(2)76)74-72-36-20-40-38(50(26-36)100(92,93)94)6-4-8-46(40)96(80,81)82;;;;;;/h3-26H,1-2H3,(H,59,75)(H,60,76)(H,77,78,79)(H,80,81,82)(H,83,84,85)(H,86,87,88)(H,89,90,91)(H,92,93,94)(H2,61,63,65,67,69)(H2,62,64,66,68,70);;;;;;/q;6*+1/p-6/b10-9+,73-71?,74-72?;;;;;;. The summed E-state index contributed by atoms with van der Waals surface area (Å²) in [6.45, 7) is 2.19. The van der Waals surface area contributed by atoms with Crippen molar-refractivity contribution in [3.8, 4) is 0 Å². The van der Waals surface area contributed by atoms with Gasteiger partial charge in [-0.3, -0.25) is 29.1 Å². The van der Waals surface area contributed by atoms with Gasteiger partial charge in [0.05, 0.1) is 65.1 Å². The van der Waals surface area contributed by atoms with Crippen molar-refractivity contribution in [2.45, 2.75) is 43.2 Å². The molecule has 0 aliphatic rings. The van der Waals surface area contributed by atoms with Crippen LogP contribution in [-0.2, 0) is 60.7 Å². The summed E-state index contributed by atoms with van der Waals surface area (Å²) in [4.78, 5) is 38.6. The zero-order valence-corrected chi connectivity index (χ0v) is 74.1. The first-order chi connectivity index (χ1) is 46.7. The molecule has 516 valence electrons. The quantitative estimate of drug-likeness (QED) is 0.0116. The van der Waals surface area contributed by atoms with Gasteiger partial charge < -0.3 is 38.4 Å². The molecule has 0 saturated carbocycles. The Labute approximate surface area is 742 Å². The fourth-order valence-electron chi connectivity index (χ4n) is 9.23. The third-order valence-electron chi connectivity index (χ3n) is 13.2. The molecule has 0 aliphatic heterocycles. The Bertz CT molecular complexity index is 5980. The Morgan fingerprint density at radius 2 is 0.698 bits per heavy atom. The summed E-state index contributed by atoms with van der Waals surface area (Å²) in [5, 5.41) is 38.3. The van der Waals surface area contributed by atoms with Crippen LogP contribution in [0, 0.1) is 0 Å². The summed E-state index contributed by atoms with van der Waals surface area (Å²) in [5.41, 5.74) is -3.35. The number of nitrogens with one attached hydrogen (secondary N) is 4. The number of aliphatic imine (C=N–C) groups is 2. The number of hydrogen-bond acceptors (Lipinski definition) is 30. The van der Waals surface area contributed by atoms with Gasteiger partial charge >= 0.3 is 177 Å². The van der Waals surface area contributed by atoms with Gasteiger partial charge in [0.2, 0.25) is 33.0 Å². The minimum absolute atomic E-state index is 0. The molecule has 36 nitrogen and oxygen atoms in total.